The molecule has 2 aromatic rings. The van der Waals surface area contributed by atoms with Crippen molar-refractivity contribution in [1.82, 2.24) is 0 Å². The smallest absolute Gasteiger partial charge is 0.334 e. The van der Waals surface area contributed by atoms with E-state index in [1.165, 1.54) is 7.11 Å². The SMILES string of the molecule is C=C(CC(=O)OC)C(=O)OC1(c2cc3ccc2o3)CCCC1. The van der Waals surface area contributed by atoms with Crippen molar-refractivity contribution in [2.75, 3.05) is 7.11 Å². The molecule has 5 nitrogen and oxygen atoms in total. The van der Waals surface area contributed by atoms with Crippen LogP contribution < -0.4 is 0 Å². The molecule has 0 radical (unpaired) electrons. The molecule has 0 amide bonds. The van der Waals surface area contributed by atoms with Gasteiger partial charge in [0.2, 0.25) is 0 Å². The first kappa shape index (κ1) is 14.6. The molecule has 0 saturated heterocycles. The maximum absolute atomic E-state index is 12.3. The lowest BCUT2D eigenvalue weighted by molar-refractivity contribution is -0.157. The Hall–Kier alpha value is -2.30. The molecule has 1 saturated carbocycles. The third-order valence-electron chi connectivity index (χ3n) is 4.24. The van der Waals surface area contributed by atoms with E-state index in [-0.39, 0.29) is 12.0 Å². The lowest BCUT2D eigenvalue weighted by Crippen LogP contribution is -2.30. The molecule has 0 atom stereocenters. The molecule has 116 valence electrons. The van der Waals surface area contributed by atoms with Gasteiger partial charge in [0, 0.05) is 11.1 Å². The summed E-state index contributed by atoms with van der Waals surface area (Å²) in [5.74, 6) is -1.05. The molecule has 5 heteroatoms. The van der Waals surface area contributed by atoms with Gasteiger partial charge in [-0.2, -0.15) is 0 Å². The van der Waals surface area contributed by atoms with E-state index < -0.39 is 17.5 Å². The molecule has 1 aliphatic rings. The average molecular weight is 302 g/mol. The molecule has 0 unspecified atom stereocenters. The highest BCUT2D eigenvalue weighted by molar-refractivity contribution is 5.93. The largest absolute Gasteiger partial charge is 0.469 e. The second-order valence-electron chi connectivity index (χ2n) is 5.71. The van der Waals surface area contributed by atoms with Crippen LogP contribution in [0.5, 0.6) is 0 Å². The molecule has 3 rings (SSSR count). The van der Waals surface area contributed by atoms with Crippen LogP contribution in [-0.4, -0.2) is 19.0 Å². The molecule has 2 aromatic heterocycles. The van der Waals surface area contributed by atoms with Crippen LogP contribution >= 0.6 is 0 Å². The number of rotatable bonds is 5. The number of carbonyl (C=O) groups excluding carboxylic acids is 2. The number of methoxy groups -OCH3 is 1. The molecule has 1 aliphatic carbocycles. The summed E-state index contributed by atoms with van der Waals surface area (Å²) in [5.41, 5.74) is 1.89. The maximum Gasteiger partial charge on any atom is 0.334 e. The first-order chi connectivity index (χ1) is 10.5. The van der Waals surface area contributed by atoms with Crippen molar-refractivity contribution in [3.05, 3.63) is 35.9 Å². The first-order valence-electron chi connectivity index (χ1n) is 7.34. The van der Waals surface area contributed by atoms with Crippen LogP contribution in [0.25, 0.3) is 11.2 Å². The van der Waals surface area contributed by atoms with E-state index >= 15 is 0 Å². The molecular formula is C17H18O5. The summed E-state index contributed by atoms with van der Waals surface area (Å²) in [7, 11) is 1.27. The monoisotopic (exact) mass is 302 g/mol. The first-order valence-corrected chi connectivity index (χ1v) is 7.34. The predicted octanol–water partition coefficient (Wildman–Crippen LogP) is 3.30. The van der Waals surface area contributed by atoms with Crippen LogP contribution in [-0.2, 0) is 24.7 Å². The fraction of sp³-hybridized carbons (Fsp3) is 0.412. The van der Waals surface area contributed by atoms with Crippen LogP contribution in [0.2, 0.25) is 0 Å². The highest BCUT2D eigenvalue weighted by atomic mass is 16.6. The quantitative estimate of drug-likeness (QED) is 0.626. The number of hydrogen-bond donors (Lipinski definition) is 0. The third kappa shape index (κ3) is 2.47. The summed E-state index contributed by atoms with van der Waals surface area (Å²) in [6.07, 6.45) is 3.32. The Labute approximate surface area is 128 Å². The van der Waals surface area contributed by atoms with Crippen molar-refractivity contribution in [3.8, 4) is 0 Å². The Balaban J connectivity index is 1.80. The summed E-state index contributed by atoms with van der Waals surface area (Å²) in [5, 5.41) is 0. The van der Waals surface area contributed by atoms with Crippen molar-refractivity contribution < 1.29 is 23.5 Å². The predicted molar refractivity (Wildman–Crippen MR) is 79.4 cm³/mol. The minimum atomic E-state index is -0.669. The summed E-state index contributed by atoms with van der Waals surface area (Å²) < 4.78 is 15.9. The minimum absolute atomic E-state index is 0.107. The summed E-state index contributed by atoms with van der Waals surface area (Å²) >= 11 is 0. The Morgan fingerprint density at radius 3 is 2.59 bits per heavy atom. The van der Waals surface area contributed by atoms with Crippen LogP contribution in [0, 0.1) is 0 Å². The van der Waals surface area contributed by atoms with E-state index in [1.54, 1.807) is 0 Å². The summed E-state index contributed by atoms with van der Waals surface area (Å²) in [4.78, 5) is 23.6. The minimum Gasteiger partial charge on any atom is -0.469 e. The molecule has 1 fully saturated rings. The van der Waals surface area contributed by atoms with Crippen molar-refractivity contribution in [2.24, 2.45) is 0 Å². The molecule has 0 aliphatic heterocycles. The molecule has 22 heavy (non-hydrogen) atoms. The van der Waals surface area contributed by atoms with Gasteiger partial charge in [-0.15, -0.1) is 0 Å². The van der Waals surface area contributed by atoms with Gasteiger partial charge in [-0.1, -0.05) is 6.58 Å². The Kier molecular flexibility index (Phi) is 3.64. The topological polar surface area (TPSA) is 65.7 Å². The summed E-state index contributed by atoms with van der Waals surface area (Å²) in [6.45, 7) is 3.64. The van der Waals surface area contributed by atoms with Crippen LogP contribution in [0.3, 0.4) is 0 Å². The van der Waals surface area contributed by atoms with E-state index in [4.69, 9.17) is 9.15 Å². The zero-order valence-electron chi connectivity index (χ0n) is 12.5. The zero-order valence-corrected chi connectivity index (χ0v) is 12.5. The lowest BCUT2D eigenvalue weighted by Gasteiger charge is -2.29. The number of fused-ring (bicyclic) bond motifs is 2. The number of benzene rings is 1. The van der Waals surface area contributed by atoms with Gasteiger partial charge in [-0.25, -0.2) is 4.79 Å². The van der Waals surface area contributed by atoms with E-state index in [2.05, 4.69) is 11.3 Å². The van der Waals surface area contributed by atoms with E-state index in [1.807, 2.05) is 18.2 Å². The second-order valence-corrected chi connectivity index (χ2v) is 5.71. The number of ether oxygens (including phenoxy) is 2. The van der Waals surface area contributed by atoms with Gasteiger partial charge in [-0.3, -0.25) is 4.79 Å². The highest BCUT2D eigenvalue weighted by Gasteiger charge is 2.42. The van der Waals surface area contributed by atoms with Gasteiger partial charge in [0.05, 0.1) is 13.5 Å². The summed E-state index contributed by atoms with van der Waals surface area (Å²) in [6, 6.07) is 5.71. The number of furan rings is 2. The van der Waals surface area contributed by atoms with Gasteiger partial charge in [0.15, 0.2) is 0 Å². The molecule has 0 spiro atoms. The van der Waals surface area contributed by atoms with Gasteiger partial charge in [0.25, 0.3) is 0 Å². The number of hydrogen-bond acceptors (Lipinski definition) is 5. The van der Waals surface area contributed by atoms with Gasteiger partial charge >= 0.3 is 11.9 Å². The van der Waals surface area contributed by atoms with Crippen LogP contribution in [0.4, 0.5) is 0 Å². The van der Waals surface area contributed by atoms with Crippen molar-refractivity contribution in [2.45, 2.75) is 37.7 Å². The van der Waals surface area contributed by atoms with E-state index in [0.717, 1.165) is 42.4 Å². The molecule has 2 heterocycles. The van der Waals surface area contributed by atoms with Crippen LogP contribution in [0.15, 0.2) is 34.8 Å². The Morgan fingerprint density at radius 1 is 1.32 bits per heavy atom. The Bertz CT molecular complexity index is 705. The number of esters is 2. The maximum atomic E-state index is 12.3. The Morgan fingerprint density at radius 2 is 2.05 bits per heavy atom. The third-order valence-corrected chi connectivity index (χ3v) is 4.24. The standard InChI is InChI=1S/C17H18O5/c1-11(9-15(18)20-2)16(19)22-17(7-3-4-8-17)13-10-12-5-6-14(13)21-12/h5-6,10H,1,3-4,7-9H2,2H3. The molecular weight excluding hydrogens is 284 g/mol. The number of carbonyl (C=O) groups is 2. The van der Waals surface area contributed by atoms with Crippen LogP contribution in [0.1, 0.15) is 37.7 Å². The average Bonchev–Trinajstić information content (AvgIpc) is 3.23. The van der Waals surface area contributed by atoms with Crippen molar-refractivity contribution in [1.29, 1.82) is 0 Å². The van der Waals surface area contributed by atoms with Gasteiger partial charge in [0.1, 0.15) is 16.8 Å². The van der Waals surface area contributed by atoms with E-state index in [9.17, 15) is 9.59 Å². The second kappa shape index (κ2) is 5.48. The van der Waals surface area contributed by atoms with Crippen molar-refractivity contribution >= 4 is 23.1 Å². The lowest BCUT2D eigenvalue weighted by atomic mass is 9.91. The normalized spacial score (nSPS) is 16.8. The molecule has 2 bridgehead atoms. The van der Waals surface area contributed by atoms with E-state index in [0.29, 0.717) is 0 Å². The molecule has 0 aromatic carbocycles. The zero-order chi connectivity index (χ0) is 15.7. The molecule has 0 N–H and O–H groups in total. The fourth-order valence-electron chi connectivity index (χ4n) is 3.09. The van der Waals surface area contributed by atoms with Gasteiger partial charge in [-0.05, 0) is 43.9 Å². The fourth-order valence-corrected chi connectivity index (χ4v) is 3.09. The van der Waals surface area contributed by atoms with Crippen molar-refractivity contribution in [3.63, 3.8) is 0 Å². The highest BCUT2D eigenvalue weighted by Crippen LogP contribution is 2.46. The van der Waals surface area contributed by atoms with Gasteiger partial charge < -0.3 is 13.9 Å².